The number of hydrogen-bond donors (Lipinski definition) is 1. The smallest absolute Gasteiger partial charge is 0.122 e. The molecule has 1 N–H and O–H groups in total. The fourth-order valence-corrected chi connectivity index (χ4v) is 2.61. The van der Waals surface area contributed by atoms with Crippen LogP contribution in [0.3, 0.4) is 0 Å². The first-order chi connectivity index (χ1) is 9.26. The number of hydrogen-bond acceptors (Lipinski definition) is 3. The van der Waals surface area contributed by atoms with Crippen LogP contribution in [0.1, 0.15) is 44.4 Å². The van der Waals surface area contributed by atoms with Crippen LogP contribution < -0.4 is 10.1 Å². The highest BCUT2D eigenvalue weighted by molar-refractivity contribution is 5.41. The van der Waals surface area contributed by atoms with Crippen molar-refractivity contribution in [2.24, 2.45) is 0 Å². The van der Waals surface area contributed by atoms with E-state index in [2.05, 4.69) is 37.4 Å². The molecule has 1 aliphatic rings. The fourth-order valence-electron chi connectivity index (χ4n) is 2.61. The van der Waals surface area contributed by atoms with Gasteiger partial charge >= 0.3 is 0 Å². The average Bonchev–Trinajstić information content (AvgIpc) is 2.87. The monoisotopic (exact) mass is 263 g/mol. The molecule has 0 saturated carbocycles. The quantitative estimate of drug-likeness (QED) is 0.820. The summed E-state index contributed by atoms with van der Waals surface area (Å²) in [5.41, 5.74) is 2.63. The predicted octanol–water partition coefficient (Wildman–Crippen LogP) is 3.09. The van der Waals surface area contributed by atoms with E-state index in [0.717, 1.165) is 38.3 Å². The minimum Gasteiger partial charge on any atom is -0.493 e. The number of benzene rings is 1. The summed E-state index contributed by atoms with van der Waals surface area (Å²) in [6.45, 7) is 8.94. The lowest BCUT2D eigenvalue weighted by atomic mass is 9.99. The van der Waals surface area contributed by atoms with Gasteiger partial charge in [-0.15, -0.1) is 0 Å². The van der Waals surface area contributed by atoms with Gasteiger partial charge in [-0.3, -0.25) is 0 Å². The van der Waals surface area contributed by atoms with Crippen LogP contribution in [-0.2, 0) is 11.2 Å². The van der Waals surface area contributed by atoms with E-state index in [9.17, 15) is 0 Å². The van der Waals surface area contributed by atoms with E-state index in [0.29, 0.717) is 0 Å². The van der Waals surface area contributed by atoms with Crippen molar-refractivity contribution in [3.05, 3.63) is 29.3 Å². The Bertz CT molecular complexity index is 406. The van der Waals surface area contributed by atoms with Gasteiger partial charge in [0.05, 0.1) is 18.8 Å². The number of ether oxygens (including phenoxy) is 2. The predicted molar refractivity (Wildman–Crippen MR) is 77.8 cm³/mol. The maximum Gasteiger partial charge on any atom is 0.122 e. The van der Waals surface area contributed by atoms with Crippen LogP contribution in [0.25, 0.3) is 0 Å². The third-order valence-electron chi connectivity index (χ3n) is 3.59. The minimum atomic E-state index is 0.178. The van der Waals surface area contributed by atoms with Gasteiger partial charge < -0.3 is 14.8 Å². The van der Waals surface area contributed by atoms with E-state index in [1.54, 1.807) is 0 Å². The molecule has 0 radical (unpaired) electrons. The Labute approximate surface area is 116 Å². The van der Waals surface area contributed by atoms with Crippen molar-refractivity contribution in [3.63, 3.8) is 0 Å². The highest BCUT2D eigenvalue weighted by atomic mass is 16.5. The zero-order chi connectivity index (χ0) is 13.7. The third-order valence-corrected chi connectivity index (χ3v) is 3.59. The molecule has 1 aromatic rings. The summed E-state index contributed by atoms with van der Waals surface area (Å²) in [4.78, 5) is 0. The first-order valence-electron chi connectivity index (χ1n) is 7.36. The van der Waals surface area contributed by atoms with E-state index < -0.39 is 0 Å². The Hall–Kier alpha value is -1.06. The lowest BCUT2D eigenvalue weighted by Gasteiger charge is -2.26. The lowest BCUT2D eigenvalue weighted by Crippen LogP contribution is -2.32. The Morgan fingerprint density at radius 3 is 2.95 bits per heavy atom. The molecule has 2 unspecified atom stereocenters. The van der Waals surface area contributed by atoms with Crippen LogP contribution in [-0.4, -0.2) is 25.9 Å². The van der Waals surface area contributed by atoms with E-state index in [-0.39, 0.29) is 12.1 Å². The molecule has 106 valence electrons. The summed E-state index contributed by atoms with van der Waals surface area (Å²) in [6, 6.07) is 6.78. The molecule has 3 heteroatoms. The van der Waals surface area contributed by atoms with Gasteiger partial charge in [0.15, 0.2) is 0 Å². The molecule has 0 aromatic heterocycles. The van der Waals surface area contributed by atoms with Crippen molar-refractivity contribution >= 4 is 0 Å². The molecule has 0 amide bonds. The Morgan fingerprint density at radius 2 is 2.21 bits per heavy atom. The van der Waals surface area contributed by atoms with E-state index in [1.165, 1.54) is 11.1 Å². The van der Waals surface area contributed by atoms with Gasteiger partial charge in [-0.05, 0) is 44.0 Å². The zero-order valence-corrected chi connectivity index (χ0v) is 12.2. The molecule has 3 nitrogen and oxygen atoms in total. The zero-order valence-electron chi connectivity index (χ0n) is 12.2. The summed E-state index contributed by atoms with van der Waals surface area (Å²) in [5.74, 6) is 1.04. The molecule has 19 heavy (non-hydrogen) atoms. The van der Waals surface area contributed by atoms with E-state index >= 15 is 0 Å². The van der Waals surface area contributed by atoms with Crippen LogP contribution in [0, 0.1) is 0 Å². The largest absolute Gasteiger partial charge is 0.493 e. The van der Waals surface area contributed by atoms with Crippen molar-refractivity contribution < 1.29 is 9.47 Å². The molecule has 0 aliphatic carbocycles. The summed E-state index contributed by atoms with van der Waals surface area (Å²) in [5, 5.41) is 3.60. The van der Waals surface area contributed by atoms with Crippen LogP contribution in [0.2, 0.25) is 0 Å². The van der Waals surface area contributed by atoms with Gasteiger partial charge in [0.1, 0.15) is 5.75 Å². The number of nitrogens with one attached hydrogen (secondary N) is 1. The van der Waals surface area contributed by atoms with Gasteiger partial charge in [-0.1, -0.05) is 19.1 Å². The summed E-state index contributed by atoms with van der Waals surface area (Å²) in [6.07, 6.45) is 2.33. The third kappa shape index (κ3) is 3.48. The van der Waals surface area contributed by atoms with Gasteiger partial charge in [0.25, 0.3) is 0 Å². The van der Waals surface area contributed by atoms with Gasteiger partial charge in [0.2, 0.25) is 0 Å². The summed E-state index contributed by atoms with van der Waals surface area (Å²) < 4.78 is 11.4. The normalized spacial score (nSPS) is 16.8. The van der Waals surface area contributed by atoms with Crippen LogP contribution in [0.4, 0.5) is 0 Å². The van der Waals surface area contributed by atoms with Gasteiger partial charge in [0, 0.05) is 13.0 Å². The first-order valence-corrected chi connectivity index (χ1v) is 7.36. The Kier molecular flexibility index (Phi) is 5.23. The minimum absolute atomic E-state index is 0.178. The molecule has 0 fully saturated rings. The second-order valence-corrected chi connectivity index (χ2v) is 5.06. The second kappa shape index (κ2) is 6.92. The van der Waals surface area contributed by atoms with Crippen molar-refractivity contribution in [2.75, 3.05) is 19.8 Å². The maximum atomic E-state index is 5.78. The second-order valence-electron chi connectivity index (χ2n) is 5.06. The molecule has 1 heterocycles. The van der Waals surface area contributed by atoms with E-state index in [1.807, 2.05) is 6.92 Å². The molecule has 0 saturated heterocycles. The molecule has 0 bridgehead atoms. The van der Waals surface area contributed by atoms with E-state index in [4.69, 9.17) is 9.47 Å². The summed E-state index contributed by atoms with van der Waals surface area (Å²) >= 11 is 0. The number of rotatable bonds is 7. The van der Waals surface area contributed by atoms with Crippen molar-refractivity contribution in [1.82, 2.24) is 5.32 Å². The molecule has 2 atom stereocenters. The first kappa shape index (κ1) is 14.4. The summed E-state index contributed by atoms with van der Waals surface area (Å²) in [7, 11) is 0. The lowest BCUT2D eigenvalue weighted by molar-refractivity contribution is 0.0472. The SMILES string of the molecule is CCCNC(c1ccc2c(c1)CCO2)C(C)OCC. The molecule has 0 spiro atoms. The highest BCUT2D eigenvalue weighted by Crippen LogP contribution is 2.29. The highest BCUT2D eigenvalue weighted by Gasteiger charge is 2.21. The fraction of sp³-hybridized carbons (Fsp3) is 0.625. The molecule has 1 aromatic carbocycles. The molecule has 2 rings (SSSR count). The van der Waals surface area contributed by atoms with Crippen LogP contribution >= 0.6 is 0 Å². The van der Waals surface area contributed by atoms with Crippen molar-refractivity contribution in [2.45, 2.75) is 45.8 Å². The Morgan fingerprint density at radius 1 is 1.37 bits per heavy atom. The van der Waals surface area contributed by atoms with Crippen molar-refractivity contribution in [3.8, 4) is 5.75 Å². The maximum absolute atomic E-state index is 5.78. The standard InChI is InChI=1S/C16H25NO2/c1-4-9-17-16(12(3)18-5-2)14-6-7-15-13(11-14)8-10-19-15/h6-7,11-12,16-17H,4-5,8-10H2,1-3H3. The molecule has 1 aliphatic heterocycles. The van der Waals surface area contributed by atoms with Crippen molar-refractivity contribution in [1.29, 1.82) is 0 Å². The Balaban J connectivity index is 2.16. The molecular formula is C16H25NO2. The topological polar surface area (TPSA) is 30.5 Å². The molecular weight excluding hydrogens is 238 g/mol. The van der Waals surface area contributed by atoms with Gasteiger partial charge in [-0.25, -0.2) is 0 Å². The average molecular weight is 263 g/mol. The van der Waals surface area contributed by atoms with Crippen LogP contribution in [0.5, 0.6) is 5.75 Å². The number of fused-ring (bicyclic) bond motifs is 1. The van der Waals surface area contributed by atoms with Gasteiger partial charge in [-0.2, -0.15) is 0 Å². The van der Waals surface area contributed by atoms with Crippen LogP contribution in [0.15, 0.2) is 18.2 Å².